The van der Waals surface area contributed by atoms with Gasteiger partial charge in [-0.25, -0.2) is 4.98 Å². The second kappa shape index (κ2) is 10.9. The van der Waals surface area contributed by atoms with Crippen LogP contribution in [0.2, 0.25) is 0 Å². The number of fused-ring (bicyclic) bond motifs is 2. The largest absolute Gasteiger partial charge is 1.00 e. The number of aromatic nitrogens is 1. The third-order valence-electron chi connectivity index (χ3n) is 7.61. The van der Waals surface area contributed by atoms with Gasteiger partial charge in [-0.3, -0.25) is 0 Å². The first-order valence-corrected chi connectivity index (χ1v) is 12.9. The van der Waals surface area contributed by atoms with Gasteiger partial charge in [0, 0.05) is 16.5 Å². The fourth-order valence-electron chi connectivity index (χ4n) is 5.70. The van der Waals surface area contributed by atoms with Crippen molar-refractivity contribution >= 4 is 27.8 Å². The Morgan fingerprint density at radius 1 is 1.00 bits per heavy atom. The van der Waals surface area contributed by atoms with Gasteiger partial charge in [0.2, 0.25) is 0 Å². The molecule has 2 heterocycles. The number of carbonyl (C=O) groups excluding carboxylic acids is 1. The van der Waals surface area contributed by atoms with Crippen molar-refractivity contribution in [1.29, 1.82) is 0 Å². The molecule has 0 radical (unpaired) electrons. The van der Waals surface area contributed by atoms with E-state index < -0.39 is 5.97 Å². The van der Waals surface area contributed by atoms with Crippen molar-refractivity contribution in [3.8, 4) is 17.2 Å². The maximum Gasteiger partial charge on any atom is 1.00 e. The summed E-state index contributed by atoms with van der Waals surface area (Å²) in [6.45, 7) is 3.89. The zero-order valence-corrected chi connectivity index (χ0v) is 24.0. The standard InChI is InChI=1S/C32H29NO4.Na/c1-19-15-16-28(36-23-12-8-11-22(17-23)21-9-4-3-5-10-21)29-25(32(34)35)18-26(33-30(19)29)31-20(2)24-13-6-7-14-27(24)37-31;/h3-7,9-10,13-16,18,22-23H,8,11-12,17H2,1-2H3,(H,34,35);/q;+1/p-1/t22-,23+;/m0./s1. The zero-order valence-electron chi connectivity index (χ0n) is 22.0. The van der Waals surface area contributed by atoms with Crippen LogP contribution in [0.1, 0.15) is 58.6 Å². The van der Waals surface area contributed by atoms with Crippen molar-refractivity contribution in [2.24, 2.45) is 0 Å². The molecule has 1 fully saturated rings. The number of carboxylic acids is 1. The number of furan rings is 1. The van der Waals surface area contributed by atoms with Crippen LogP contribution in [-0.4, -0.2) is 17.1 Å². The van der Waals surface area contributed by atoms with Gasteiger partial charge in [0.05, 0.1) is 23.0 Å². The molecule has 3 aromatic carbocycles. The van der Waals surface area contributed by atoms with Crippen LogP contribution in [0.5, 0.6) is 5.75 Å². The molecular weight excluding hydrogens is 485 g/mol. The number of rotatable bonds is 5. The van der Waals surface area contributed by atoms with Gasteiger partial charge in [-0.2, -0.15) is 0 Å². The molecule has 38 heavy (non-hydrogen) atoms. The molecule has 1 aliphatic carbocycles. The van der Waals surface area contributed by atoms with Crippen LogP contribution in [0.3, 0.4) is 0 Å². The number of aryl methyl sites for hydroxylation is 2. The molecule has 6 rings (SSSR count). The molecule has 2 atom stereocenters. The smallest absolute Gasteiger partial charge is 0.545 e. The first-order chi connectivity index (χ1) is 18.0. The number of benzene rings is 3. The van der Waals surface area contributed by atoms with Crippen molar-refractivity contribution in [3.63, 3.8) is 0 Å². The van der Waals surface area contributed by atoms with E-state index in [0.717, 1.165) is 47.8 Å². The molecule has 5 aromatic rings. The summed E-state index contributed by atoms with van der Waals surface area (Å²) < 4.78 is 12.6. The van der Waals surface area contributed by atoms with Gasteiger partial charge >= 0.3 is 29.6 Å². The molecule has 0 aliphatic heterocycles. The van der Waals surface area contributed by atoms with E-state index in [1.54, 1.807) is 6.07 Å². The van der Waals surface area contributed by atoms with E-state index >= 15 is 0 Å². The second-order valence-electron chi connectivity index (χ2n) is 10.0. The SMILES string of the molecule is Cc1c(-c2cc(C(=O)[O-])c3c(O[C@@H]4CCC[C@H](c5ccccc5)C4)ccc(C)c3n2)oc2ccccc12.[Na+]. The third kappa shape index (κ3) is 4.86. The molecule has 2 aromatic heterocycles. The van der Waals surface area contributed by atoms with Gasteiger partial charge < -0.3 is 19.1 Å². The number of hydrogen-bond donors (Lipinski definition) is 0. The molecule has 5 nitrogen and oxygen atoms in total. The van der Waals surface area contributed by atoms with Gasteiger partial charge in [-0.05, 0) is 74.8 Å². The topological polar surface area (TPSA) is 75.4 Å². The van der Waals surface area contributed by atoms with E-state index in [2.05, 4.69) is 24.3 Å². The summed E-state index contributed by atoms with van der Waals surface area (Å²) in [4.78, 5) is 17.3. The minimum atomic E-state index is -1.26. The molecule has 0 bridgehead atoms. The second-order valence-corrected chi connectivity index (χ2v) is 10.0. The number of hydrogen-bond acceptors (Lipinski definition) is 5. The number of aromatic carboxylic acids is 1. The Hall–Kier alpha value is -3.12. The van der Waals surface area contributed by atoms with Gasteiger partial charge in [0.25, 0.3) is 0 Å². The minimum absolute atomic E-state index is 0. The number of carbonyl (C=O) groups is 1. The number of ether oxygens (including phenoxy) is 1. The molecule has 6 heteroatoms. The van der Waals surface area contributed by atoms with Crippen LogP contribution in [0, 0.1) is 13.8 Å². The Kier molecular flexibility index (Phi) is 7.62. The fourth-order valence-corrected chi connectivity index (χ4v) is 5.70. The Morgan fingerprint density at radius 3 is 2.53 bits per heavy atom. The molecule has 0 amide bonds. The molecule has 0 N–H and O–H groups in total. The van der Waals surface area contributed by atoms with E-state index in [-0.39, 0.29) is 41.2 Å². The summed E-state index contributed by atoms with van der Waals surface area (Å²) in [7, 11) is 0. The van der Waals surface area contributed by atoms with Crippen LogP contribution in [-0.2, 0) is 0 Å². The number of nitrogens with zero attached hydrogens (tertiary/aromatic N) is 1. The molecule has 0 spiro atoms. The van der Waals surface area contributed by atoms with Crippen molar-refractivity contribution in [2.75, 3.05) is 0 Å². The van der Waals surface area contributed by atoms with E-state index in [0.29, 0.717) is 34.0 Å². The van der Waals surface area contributed by atoms with E-state index in [4.69, 9.17) is 14.1 Å². The van der Waals surface area contributed by atoms with E-state index in [1.165, 1.54) is 5.56 Å². The van der Waals surface area contributed by atoms with Gasteiger partial charge in [-0.1, -0.05) is 54.6 Å². The van der Waals surface area contributed by atoms with Crippen LogP contribution in [0.25, 0.3) is 33.3 Å². The summed E-state index contributed by atoms with van der Waals surface area (Å²) in [6.07, 6.45) is 4.02. The summed E-state index contributed by atoms with van der Waals surface area (Å²) in [6, 6.07) is 23.7. The minimum Gasteiger partial charge on any atom is -0.545 e. The maximum absolute atomic E-state index is 12.4. The normalized spacial score (nSPS) is 17.3. The number of pyridine rings is 1. The zero-order chi connectivity index (χ0) is 25.5. The Labute approximate surface area is 244 Å². The van der Waals surface area contributed by atoms with E-state index in [1.807, 2.05) is 56.3 Å². The van der Waals surface area contributed by atoms with Crippen molar-refractivity contribution in [2.45, 2.75) is 51.6 Å². The Bertz CT molecular complexity index is 1630. The number of para-hydroxylation sites is 1. The van der Waals surface area contributed by atoms with E-state index in [9.17, 15) is 9.90 Å². The molecule has 1 saturated carbocycles. The summed E-state index contributed by atoms with van der Waals surface area (Å²) in [5.41, 5.74) is 4.98. The molecule has 0 saturated heterocycles. The van der Waals surface area contributed by atoms with Gasteiger partial charge in [-0.15, -0.1) is 0 Å². The fraction of sp³-hybridized carbons (Fsp3) is 0.250. The third-order valence-corrected chi connectivity index (χ3v) is 7.61. The average molecular weight is 514 g/mol. The van der Waals surface area contributed by atoms with Crippen LogP contribution >= 0.6 is 0 Å². The summed E-state index contributed by atoms with van der Waals surface area (Å²) >= 11 is 0. The first kappa shape index (κ1) is 26.5. The van der Waals surface area contributed by atoms with Crippen LogP contribution in [0.4, 0.5) is 0 Å². The average Bonchev–Trinajstić information content (AvgIpc) is 3.27. The van der Waals surface area contributed by atoms with Crippen molar-refractivity contribution in [3.05, 3.63) is 95.1 Å². The van der Waals surface area contributed by atoms with Gasteiger partial charge in [0.15, 0.2) is 5.76 Å². The van der Waals surface area contributed by atoms with Gasteiger partial charge in [0.1, 0.15) is 17.0 Å². The quantitative estimate of drug-likeness (QED) is 0.335. The Morgan fingerprint density at radius 2 is 1.76 bits per heavy atom. The van der Waals surface area contributed by atoms with Crippen molar-refractivity contribution < 1.29 is 48.6 Å². The van der Waals surface area contributed by atoms with Crippen LogP contribution in [0.15, 0.2) is 77.2 Å². The van der Waals surface area contributed by atoms with Crippen molar-refractivity contribution in [1.82, 2.24) is 4.98 Å². The monoisotopic (exact) mass is 513 g/mol. The maximum atomic E-state index is 12.4. The summed E-state index contributed by atoms with van der Waals surface area (Å²) in [5.74, 6) is 0.273. The molecule has 186 valence electrons. The first-order valence-electron chi connectivity index (χ1n) is 12.9. The van der Waals surface area contributed by atoms with Crippen LogP contribution < -0.4 is 39.4 Å². The predicted octanol–water partition coefficient (Wildman–Crippen LogP) is 3.74. The number of carboxylic acid groups (broad SMARTS) is 1. The molecule has 0 unspecified atom stereocenters. The molecular formula is C32H28NNaO4. The summed E-state index contributed by atoms with van der Waals surface area (Å²) in [5, 5.41) is 13.9. The Balaban J connectivity index is 0.00000294. The molecule has 1 aliphatic rings. The predicted molar refractivity (Wildman–Crippen MR) is 143 cm³/mol.